The average Bonchev–Trinajstić information content (AvgIpc) is 3.59. The summed E-state index contributed by atoms with van der Waals surface area (Å²) in [5.74, 6) is 1.29. The summed E-state index contributed by atoms with van der Waals surface area (Å²) in [5.41, 5.74) is 4.57. The Balaban J connectivity index is 1.75. The fourth-order valence-electron chi connectivity index (χ4n) is 4.49. The van der Waals surface area contributed by atoms with E-state index in [1.54, 1.807) is 39.8 Å². The number of amides is 2. The van der Waals surface area contributed by atoms with E-state index in [1.807, 2.05) is 68.4 Å². The second-order valence-electron chi connectivity index (χ2n) is 9.17. The summed E-state index contributed by atoms with van der Waals surface area (Å²) >= 11 is 3.20. The van der Waals surface area contributed by atoms with Crippen LogP contribution in [-0.2, 0) is 9.59 Å². The molecule has 0 aliphatic carbocycles. The Labute approximate surface area is 230 Å². The minimum Gasteiger partial charge on any atom is -0.497 e. The van der Waals surface area contributed by atoms with Crippen LogP contribution >= 0.6 is 23.1 Å². The number of methoxy groups -OCH3 is 1. The Hall–Kier alpha value is -3.56. The average molecular weight is 547 g/mol. The van der Waals surface area contributed by atoms with Crippen molar-refractivity contribution in [3.05, 3.63) is 82.6 Å². The molecule has 2 atom stereocenters. The van der Waals surface area contributed by atoms with E-state index in [1.165, 1.54) is 0 Å². The molecule has 2 aromatic carbocycles. The first-order valence-corrected chi connectivity index (χ1v) is 14.6. The molecule has 7 nitrogen and oxygen atoms in total. The van der Waals surface area contributed by atoms with Crippen LogP contribution in [0.1, 0.15) is 36.6 Å². The molecule has 38 heavy (non-hydrogen) atoms. The first kappa shape index (κ1) is 26.1. The number of ether oxygens (including phenoxy) is 1. The van der Waals surface area contributed by atoms with Crippen molar-refractivity contribution in [2.75, 3.05) is 24.3 Å². The van der Waals surface area contributed by atoms with Crippen molar-refractivity contribution in [2.45, 2.75) is 31.6 Å². The molecule has 1 aliphatic heterocycles. The number of nitrogens with one attached hydrogen (secondary N) is 1. The summed E-state index contributed by atoms with van der Waals surface area (Å²) in [7, 11) is 1.63. The van der Waals surface area contributed by atoms with Gasteiger partial charge in [0.2, 0.25) is 11.8 Å². The summed E-state index contributed by atoms with van der Waals surface area (Å²) in [6, 6.07) is 19.7. The molecule has 0 spiro atoms. The van der Waals surface area contributed by atoms with Crippen LogP contribution < -0.4 is 15.0 Å². The van der Waals surface area contributed by atoms with Crippen molar-refractivity contribution in [3.8, 4) is 22.7 Å². The Morgan fingerprint density at radius 2 is 1.92 bits per heavy atom. The fraction of sp³-hybridized carbons (Fsp3) is 0.276. The van der Waals surface area contributed by atoms with Gasteiger partial charge in [0, 0.05) is 17.2 Å². The minimum absolute atomic E-state index is 0.0170. The van der Waals surface area contributed by atoms with E-state index < -0.39 is 0 Å². The summed E-state index contributed by atoms with van der Waals surface area (Å²) < 4.78 is 7.17. The lowest BCUT2D eigenvalue weighted by Crippen LogP contribution is -2.44. The number of fused-ring (bicyclic) bond motifs is 1. The highest BCUT2D eigenvalue weighted by molar-refractivity contribution is 8.00. The number of thiophene rings is 1. The van der Waals surface area contributed by atoms with E-state index in [9.17, 15) is 9.59 Å². The van der Waals surface area contributed by atoms with Gasteiger partial charge in [-0.3, -0.25) is 14.5 Å². The molecule has 9 heteroatoms. The van der Waals surface area contributed by atoms with Crippen LogP contribution in [0.3, 0.4) is 0 Å². The second kappa shape index (κ2) is 11.4. The van der Waals surface area contributed by atoms with E-state index in [0.29, 0.717) is 5.82 Å². The molecular formula is C29H30N4O3S2. The molecule has 1 aliphatic rings. The van der Waals surface area contributed by atoms with Crippen molar-refractivity contribution < 1.29 is 14.3 Å². The lowest BCUT2D eigenvalue weighted by molar-refractivity contribution is -0.123. The van der Waals surface area contributed by atoms with Crippen LogP contribution in [0, 0.1) is 0 Å². The minimum atomic E-state index is -0.193. The third kappa shape index (κ3) is 5.21. The van der Waals surface area contributed by atoms with Crippen molar-refractivity contribution in [1.29, 1.82) is 0 Å². The normalized spacial score (nSPS) is 16.0. The molecule has 2 unspecified atom stereocenters. The van der Waals surface area contributed by atoms with E-state index in [2.05, 4.69) is 22.1 Å². The molecule has 0 saturated carbocycles. The monoisotopic (exact) mass is 546 g/mol. The largest absolute Gasteiger partial charge is 0.497 e. The standard InChI is InChI=1S/C29H30N4O3S2/c1-4-19(2)30-24(34)16-32-25(35)18-38-28(21-14-15-37-17-21)26-27(20-8-6-5-7-9-20)31-33(29(26)32)22-10-12-23(36-3)13-11-22/h5-15,17,19,28H,4,16,18H2,1-3H3,(H,30,34). The second-order valence-corrected chi connectivity index (χ2v) is 11.0. The van der Waals surface area contributed by atoms with Crippen molar-refractivity contribution in [1.82, 2.24) is 15.1 Å². The first-order valence-electron chi connectivity index (χ1n) is 12.6. The van der Waals surface area contributed by atoms with E-state index >= 15 is 0 Å². The quantitative estimate of drug-likeness (QED) is 0.307. The Morgan fingerprint density at radius 1 is 1.16 bits per heavy atom. The smallest absolute Gasteiger partial charge is 0.240 e. The van der Waals surface area contributed by atoms with Crippen LogP contribution in [0.15, 0.2) is 71.4 Å². The molecule has 0 fully saturated rings. The van der Waals surface area contributed by atoms with Gasteiger partial charge in [-0.15, -0.1) is 11.8 Å². The Morgan fingerprint density at radius 3 is 2.58 bits per heavy atom. The predicted octanol–water partition coefficient (Wildman–Crippen LogP) is 5.69. The van der Waals surface area contributed by atoms with Crippen LogP contribution in [0.2, 0.25) is 0 Å². The SMILES string of the molecule is CCC(C)NC(=O)CN1C(=O)CSC(c2ccsc2)c2c(-c3ccccc3)nn(-c3ccc(OC)cc3)c21. The predicted molar refractivity (Wildman–Crippen MR) is 154 cm³/mol. The van der Waals surface area contributed by atoms with Gasteiger partial charge in [-0.1, -0.05) is 37.3 Å². The Bertz CT molecular complexity index is 1400. The molecule has 0 radical (unpaired) electrons. The van der Waals surface area contributed by atoms with Crippen LogP contribution in [-0.4, -0.2) is 47.0 Å². The zero-order chi connectivity index (χ0) is 26.6. The molecule has 0 bridgehead atoms. The van der Waals surface area contributed by atoms with Gasteiger partial charge in [0.15, 0.2) is 0 Å². The van der Waals surface area contributed by atoms with E-state index in [-0.39, 0.29) is 35.4 Å². The van der Waals surface area contributed by atoms with Crippen molar-refractivity contribution >= 4 is 40.7 Å². The van der Waals surface area contributed by atoms with Gasteiger partial charge in [-0.25, -0.2) is 4.68 Å². The molecular weight excluding hydrogens is 516 g/mol. The fourth-order valence-corrected chi connectivity index (χ4v) is 6.45. The first-order chi connectivity index (χ1) is 18.5. The summed E-state index contributed by atoms with van der Waals surface area (Å²) in [4.78, 5) is 28.4. The molecule has 196 valence electrons. The lowest BCUT2D eigenvalue weighted by Gasteiger charge is -2.24. The maximum Gasteiger partial charge on any atom is 0.240 e. The van der Waals surface area contributed by atoms with Gasteiger partial charge < -0.3 is 10.1 Å². The number of anilines is 1. The molecule has 2 aromatic heterocycles. The maximum atomic E-state index is 13.7. The molecule has 2 amide bonds. The molecule has 3 heterocycles. The maximum absolute atomic E-state index is 13.7. The van der Waals surface area contributed by atoms with Gasteiger partial charge in [0.25, 0.3) is 0 Å². The van der Waals surface area contributed by atoms with Crippen LogP contribution in [0.5, 0.6) is 5.75 Å². The third-order valence-corrected chi connectivity index (χ3v) is 8.58. The number of hydrogen-bond acceptors (Lipinski definition) is 6. The zero-order valence-corrected chi connectivity index (χ0v) is 23.2. The van der Waals surface area contributed by atoms with Crippen molar-refractivity contribution in [2.24, 2.45) is 0 Å². The molecule has 4 aromatic rings. The number of benzene rings is 2. The van der Waals surface area contributed by atoms with Gasteiger partial charge in [-0.2, -0.15) is 16.4 Å². The molecule has 1 N–H and O–H groups in total. The van der Waals surface area contributed by atoms with Crippen molar-refractivity contribution in [3.63, 3.8) is 0 Å². The van der Waals surface area contributed by atoms with Gasteiger partial charge >= 0.3 is 0 Å². The number of carbonyl (C=O) groups excluding carboxylic acids is 2. The highest BCUT2D eigenvalue weighted by atomic mass is 32.2. The van der Waals surface area contributed by atoms with Gasteiger partial charge in [0.05, 0.1) is 29.5 Å². The van der Waals surface area contributed by atoms with Crippen LogP contribution in [0.25, 0.3) is 16.9 Å². The highest BCUT2D eigenvalue weighted by Crippen LogP contribution is 2.48. The summed E-state index contributed by atoms with van der Waals surface area (Å²) in [5, 5.41) is 12.2. The summed E-state index contributed by atoms with van der Waals surface area (Å²) in [6.07, 6.45) is 0.808. The Kier molecular flexibility index (Phi) is 7.85. The summed E-state index contributed by atoms with van der Waals surface area (Å²) in [6.45, 7) is 3.90. The number of aromatic nitrogens is 2. The number of rotatable bonds is 8. The van der Waals surface area contributed by atoms with E-state index in [4.69, 9.17) is 9.84 Å². The molecule has 0 saturated heterocycles. The van der Waals surface area contributed by atoms with E-state index in [0.717, 1.165) is 40.2 Å². The van der Waals surface area contributed by atoms with Crippen LogP contribution in [0.4, 0.5) is 5.82 Å². The highest BCUT2D eigenvalue weighted by Gasteiger charge is 2.37. The van der Waals surface area contributed by atoms with Gasteiger partial charge in [-0.05, 0) is 60.0 Å². The number of nitrogens with zero attached hydrogens (tertiary/aromatic N) is 3. The third-order valence-electron chi connectivity index (χ3n) is 6.62. The number of carbonyl (C=O) groups is 2. The number of hydrogen-bond donors (Lipinski definition) is 1. The zero-order valence-electron chi connectivity index (χ0n) is 21.6. The lowest BCUT2D eigenvalue weighted by atomic mass is 10.0. The number of thioether (sulfide) groups is 1. The molecule has 5 rings (SSSR count). The van der Waals surface area contributed by atoms with Gasteiger partial charge in [0.1, 0.15) is 18.1 Å². The topological polar surface area (TPSA) is 76.5 Å².